The molecule has 0 saturated carbocycles. The zero-order valence-electron chi connectivity index (χ0n) is 6.97. The second-order valence-corrected chi connectivity index (χ2v) is 2.64. The molecule has 0 fully saturated rings. The van der Waals surface area contributed by atoms with Crippen molar-refractivity contribution < 1.29 is 10.2 Å². The van der Waals surface area contributed by atoms with E-state index in [2.05, 4.69) is 10.2 Å². The highest BCUT2D eigenvalue weighted by Crippen LogP contribution is 2.12. The Balaban J connectivity index is 3.04. The van der Waals surface area contributed by atoms with Crippen LogP contribution in [0.2, 0.25) is 0 Å². The molecule has 2 atom stereocenters. The lowest BCUT2D eigenvalue weighted by Crippen LogP contribution is -2.19. The van der Waals surface area contributed by atoms with Crippen LogP contribution in [0.5, 0.6) is 0 Å². The predicted octanol–water partition coefficient (Wildman–Crippen LogP) is -0.902. The van der Waals surface area contributed by atoms with Crippen LogP contribution in [-0.4, -0.2) is 25.1 Å². The fourth-order valence-corrected chi connectivity index (χ4v) is 0.886. The lowest BCUT2D eigenvalue weighted by molar-refractivity contribution is 0.176. The number of hydrogen-bond donors (Lipinski definition) is 3. The summed E-state index contributed by atoms with van der Waals surface area (Å²) < 4.78 is 1.09. The summed E-state index contributed by atoms with van der Waals surface area (Å²) in [4.78, 5) is 0. The Labute approximate surface area is 69.6 Å². The van der Waals surface area contributed by atoms with Crippen LogP contribution in [0.25, 0.3) is 0 Å². The summed E-state index contributed by atoms with van der Waals surface area (Å²) in [5, 5.41) is 25.5. The van der Waals surface area contributed by atoms with Gasteiger partial charge in [-0.25, -0.2) is 4.68 Å². The quantitative estimate of drug-likeness (QED) is 0.502. The van der Waals surface area contributed by atoms with Gasteiger partial charge in [0, 0.05) is 0 Å². The molecule has 0 saturated heterocycles. The number of aliphatic hydroxyl groups excluding tert-OH is 2. The molecule has 0 aliphatic heterocycles. The number of hydrogen-bond acceptors (Lipinski definition) is 5. The second-order valence-electron chi connectivity index (χ2n) is 2.64. The summed E-state index contributed by atoms with van der Waals surface area (Å²) in [6.07, 6.45) is -1.56. The zero-order chi connectivity index (χ0) is 9.30. The van der Waals surface area contributed by atoms with E-state index < -0.39 is 12.2 Å². The van der Waals surface area contributed by atoms with Gasteiger partial charge in [0.2, 0.25) is 0 Å². The first-order chi connectivity index (χ1) is 5.54. The number of aromatic nitrogens is 3. The highest BCUT2D eigenvalue weighted by Gasteiger charge is 2.16. The van der Waals surface area contributed by atoms with Crippen molar-refractivity contribution in [3.63, 3.8) is 0 Å². The maximum atomic E-state index is 9.11. The molecule has 6 nitrogen and oxygen atoms in total. The smallest absolute Gasteiger partial charge is 0.180 e. The predicted molar refractivity (Wildman–Crippen MR) is 41.4 cm³/mol. The van der Waals surface area contributed by atoms with Crippen molar-refractivity contribution in [3.05, 3.63) is 11.6 Å². The molecule has 0 bridgehead atoms. The van der Waals surface area contributed by atoms with E-state index in [1.165, 1.54) is 13.8 Å². The van der Waals surface area contributed by atoms with Gasteiger partial charge in [0.05, 0.1) is 0 Å². The van der Waals surface area contributed by atoms with Crippen molar-refractivity contribution in [3.8, 4) is 0 Å². The van der Waals surface area contributed by atoms with Gasteiger partial charge in [-0.3, -0.25) is 0 Å². The standard InChI is InChI=1S/C6H12N4O2/c1-3(11)5-8-9-6(4(2)12)10(5)7/h3-4,11-12H,7H2,1-2H3/t3-,4-/m1/s1. The maximum Gasteiger partial charge on any atom is 0.180 e. The molecule has 1 rings (SSSR count). The lowest BCUT2D eigenvalue weighted by atomic mass is 10.3. The monoisotopic (exact) mass is 172 g/mol. The molecule has 0 aliphatic carbocycles. The van der Waals surface area contributed by atoms with Gasteiger partial charge in [0.1, 0.15) is 12.2 Å². The van der Waals surface area contributed by atoms with Crippen LogP contribution in [0.3, 0.4) is 0 Å². The summed E-state index contributed by atoms with van der Waals surface area (Å²) in [7, 11) is 0. The second kappa shape index (κ2) is 3.08. The fraction of sp³-hybridized carbons (Fsp3) is 0.667. The van der Waals surface area contributed by atoms with Crippen molar-refractivity contribution in [1.82, 2.24) is 14.9 Å². The first-order valence-corrected chi connectivity index (χ1v) is 3.60. The van der Waals surface area contributed by atoms with Gasteiger partial charge >= 0.3 is 0 Å². The van der Waals surface area contributed by atoms with Crippen LogP contribution >= 0.6 is 0 Å². The Hall–Kier alpha value is -1.14. The molecule has 4 N–H and O–H groups in total. The number of nitrogens with two attached hydrogens (primary N) is 1. The molecule has 0 radical (unpaired) electrons. The topological polar surface area (TPSA) is 97.2 Å². The van der Waals surface area contributed by atoms with Gasteiger partial charge in [0.15, 0.2) is 11.6 Å². The van der Waals surface area contributed by atoms with Crippen LogP contribution in [0.4, 0.5) is 0 Å². The molecular weight excluding hydrogens is 160 g/mol. The Morgan fingerprint density at radius 2 is 1.50 bits per heavy atom. The first-order valence-electron chi connectivity index (χ1n) is 3.60. The van der Waals surface area contributed by atoms with Gasteiger partial charge in [-0.1, -0.05) is 0 Å². The molecule has 0 unspecified atom stereocenters. The highest BCUT2D eigenvalue weighted by molar-refractivity contribution is 4.99. The fourth-order valence-electron chi connectivity index (χ4n) is 0.886. The molecular formula is C6H12N4O2. The summed E-state index contributed by atoms with van der Waals surface area (Å²) >= 11 is 0. The Bertz CT molecular complexity index is 243. The molecule has 0 amide bonds. The molecule has 0 aliphatic rings. The number of rotatable bonds is 2. The average molecular weight is 172 g/mol. The number of nitrogens with zero attached hydrogens (tertiary/aromatic N) is 3. The van der Waals surface area contributed by atoms with Gasteiger partial charge in [-0.15, -0.1) is 10.2 Å². The summed E-state index contributed by atoms with van der Waals surface area (Å²) in [5.41, 5.74) is 0. The van der Waals surface area contributed by atoms with Crippen LogP contribution < -0.4 is 5.84 Å². The van der Waals surface area contributed by atoms with E-state index in [4.69, 9.17) is 16.1 Å². The van der Waals surface area contributed by atoms with E-state index in [9.17, 15) is 0 Å². The Morgan fingerprint density at radius 3 is 1.67 bits per heavy atom. The Morgan fingerprint density at radius 1 is 1.17 bits per heavy atom. The van der Waals surface area contributed by atoms with Gasteiger partial charge < -0.3 is 16.1 Å². The van der Waals surface area contributed by atoms with Crippen molar-refractivity contribution in [2.75, 3.05) is 5.84 Å². The van der Waals surface area contributed by atoms with Gasteiger partial charge in [-0.05, 0) is 13.8 Å². The molecule has 6 heteroatoms. The maximum absolute atomic E-state index is 9.11. The van der Waals surface area contributed by atoms with E-state index in [1.807, 2.05) is 0 Å². The summed E-state index contributed by atoms with van der Waals surface area (Å²) in [6.45, 7) is 3.05. The van der Waals surface area contributed by atoms with Gasteiger partial charge in [0.25, 0.3) is 0 Å². The van der Waals surface area contributed by atoms with Crippen LogP contribution in [0.15, 0.2) is 0 Å². The van der Waals surface area contributed by atoms with E-state index in [0.29, 0.717) is 0 Å². The normalized spacial score (nSPS) is 16.0. The SMILES string of the molecule is C[C@@H](O)c1nnc([C@@H](C)O)n1N. The molecule has 12 heavy (non-hydrogen) atoms. The Kier molecular flexibility index (Phi) is 2.30. The van der Waals surface area contributed by atoms with Crippen molar-refractivity contribution >= 4 is 0 Å². The molecule has 1 aromatic heterocycles. The molecule has 68 valence electrons. The minimum absolute atomic E-state index is 0.242. The van der Waals surface area contributed by atoms with Crippen LogP contribution in [0, 0.1) is 0 Å². The number of nitrogen functional groups attached to an aromatic ring is 1. The van der Waals surface area contributed by atoms with E-state index in [0.717, 1.165) is 4.68 Å². The molecule has 1 aromatic rings. The summed E-state index contributed by atoms with van der Waals surface area (Å²) in [6, 6.07) is 0. The highest BCUT2D eigenvalue weighted by atomic mass is 16.3. The largest absolute Gasteiger partial charge is 0.385 e. The minimum atomic E-state index is -0.782. The van der Waals surface area contributed by atoms with Crippen molar-refractivity contribution in [2.45, 2.75) is 26.1 Å². The molecule has 1 heterocycles. The van der Waals surface area contributed by atoms with Crippen LogP contribution in [-0.2, 0) is 0 Å². The average Bonchev–Trinajstić information content (AvgIpc) is 2.30. The third kappa shape index (κ3) is 1.39. The van der Waals surface area contributed by atoms with Crippen molar-refractivity contribution in [1.29, 1.82) is 0 Å². The molecule has 0 aromatic carbocycles. The number of aliphatic hydroxyl groups is 2. The molecule has 0 spiro atoms. The van der Waals surface area contributed by atoms with E-state index in [-0.39, 0.29) is 11.6 Å². The minimum Gasteiger partial charge on any atom is -0.385 e. The lowest BCUT2D eigenvalue weighted by Gasteiger charge is -2.06. The van der Waals surface area contributed by atoms with Crippen molar-refractivity contribution in [2.24, 2.45) is 0 Å². The summed E-state index contributed by atoms with van der Waals surface area (Å²) in [5.74, 6) is 5.96. The van der Waals surface area contributed by atoms with Crippen LogP contribution in [0.1, 0.15) is 37.7 Å². The third-order valence-electron chi connectivity index (χ3n) is 1.50. The zero-order valence-corrected chi connectivity index (χ0v) is 6.97. The third-order valence-corrected chi connectivity index (χ3v) is 1.50. The van der Waals surface area contributed by atoms with E-state index >= 15 is 0 Å². The first kappa shape index (κ1) is 8.95. The van der Waals surface area contributed by atoms with Gasteiger partial charge in [-0.2, -0.15) is 0 Å². The van der Waals surface area contributed by atoms with E-state index in [1.54, 1.807) is 0 Å².